The van der Waals surface area contributed by atoms with Gasteiger partial charge in [0.2, 0.25) is 5.91 Å². The van der Waals surface area contributed by atoms with Crippen LogP contribution in [0.5, 0.6) is 0 Å². The van der Waals surface area contributed by atoms with Crippen LogP contribution in [0.1, 0.15) is 10.9 Å². The normalized spacial score (nSPS) is 12.1. The minimum atomic E-state index is -0.582. The van der Waals surface area contributed by atoms with Crippen molar-refractivity contribution in [3.8, 4) is 0 Å². The van der Waals surface area contributed by atoms with Crippen LogP contribution in [-0.2, 0) is 4.79 Å². The Bertz CT molecular complexity index is 324. The molecule has 14 heavy (non-hydrogen) atoms. The lowest BCUT2D eigenvalue weighted by Gasteiger charge is -2.09. The second-order valence-corrected chi connectivity index (χ2v) is 4.83. The van der Waals surface area contributed by atoms with Crippen LogP contribution >= 0.6 is 27.3 Å². The van der Waals surface area contributed by atoms with Crippen molar-refractivity contribution < 1.29 is 4.79 Å². The molecule has 1 unspecified atom stereocenters. The van der Waals surface area contributed by atoms with Crippen molar-refractivity contribution in [1.82, 2.24) is 5.32 Å². The lowest BCUT2D eigenvalue weighted by atomic mass is 10.2. The van der Waals surface area contributed by atoms with Crippen LogP contribution in [-0.4, -0.2) is 12.5 Å². The average molecular weight is 275 g/mol. The molecule has 0 radical (unpaired) electrons. The Morgan fingerprint density at radius 2 is 2.50 bits per heavy atom. The highest BCUT2D eigenvalue weighted by Gasteiger charge is 2.15. The molecule has 76 valence electrons. The van der Waals surface area contributed by atoms with Gasteiger partial charge in [0, 0.05) is 15.9 Å². The number of nitrogens with two attached hydrogens (primary N) is 1. The monoisotopic (exact) mass is 274 g/mol. The molecule has 1 amide bonds. The smallest absolute Gasteiger partial charge is 0.242 e. The zero-order valence-corrected chi connectivity index (χ0v) is 9.90. The Morgan fingerprint density at radius 3 is 3.00 bits per heavy atom. The predicted molar refractivity (Wildman–Crippen MR) is 62.3 cm³/mol. The molecule has 1 heterocycles. The zero-order chi connectivity index (χ0) is 10.6. The molecular weight excluding hydrogens is 264 g/mol. The molecule has 3 nitrogen and oxygen atoms in total. The fourth-order valence-electron chi connectivity index (χ4n) is 0.890. The van der Waals surface area contributed by atoms with Crippen molar-refractivity contribution >= 4 is 33.2 Å². The van der Waals surface area contributed by atoms with E-state index in [1.807, 2.05) is 17.5 Å². The summed E-state index contributed by atoms with van der Waals surface area (Å²) in [5.74, 6) is -0.187. The third-order valence-electron chi connectivity index (χ3n) is 1.59. The molecule has 0 aliphatic heterocycles. The number of halogens is 1. The van der Waals surface area contributed by atoms with Crippen molar-refractivity contribution in [2.45, 2.75) is 6.04 Å². The molecule has 1 rings (SSSR count). The second-order valence-electron chi connectivity index (χ2n) is 2.73. The fraction of sp³-hybridized carbons (Fsp3) is 0.222. The highest BCUT2D eigenvalue weighted by atomic mass is 79.9. The van der Waals surface area contributed by atoms with Crippen LogP contribution in [0.15, 0.2) is 28.6 Å². The van der Waals surface area contributed by atoms with Crippen LogP contribution in [0.3, 0.4) is 0 Å². The highest BCUT2D eigenvalue weighted by molar-refractivity contribution is 9.11. The summed E-state index contributed by atoms with van der Waals surface area (Å²) in [5, 5.41) is 4.56. The summed E-state index contributed by atoms with van der Waals surface area (Å²) in [6.45, 7) is 4.01. The van der Waals surface area contributed by atoms with Crippen molar-refractivity contribution in [1.29, 1.82) is 0 Å². The van der Waals surface area contributed by atoms with Gasteiger partial charge in [-0.1, -0.05) is 28.6 Å². The summed E-state index contributed by atoms with van der Waals surface area (Å²) < 4.78 is 0.726. The fourth-order valence-corrected chi connectivity index (χ4v) is 1.76. The lowest BCUT2D eigenvalue weighted by molar-refractivity contribution is -0.122. The first kappa shape index (κ1) is 11.4. The molecule has 0 saturated carbocycles. The first-order valence-corrected chi connectivity index (χ1v) is 5.68. The third kappa shape index (κ3) is 3.25. The maximum Gasteiger partial charge on any atom is 0.242 e. The Hall–Kier alpha value is -0.650. The van der Waals surface area contributed by atoms with Crippen LogP contribution in [0, 0.1) is 0 Å². The van der Waals surface area contributed by atoms with E-state index >= 15 is 0 Å². The molecule has 0 bridgehead atoms. The van der Waals surface area contributed by atoms with E-state index in [-0.39, 0.29) is 5.91 Å². The summed E-state index contributed by atoms with van der Waals surface area (Å²) in [5.41, 5.74) is 5.72. The van der Waals surface area contributed by atoms with Gasteiger partial charge in [0.25, 0.3) is 0 Å². The number of hydrogen-bond donors (Lipinski definition) is 2. The van der Waals surface area contributed by atoms with Gasteiger partial charge in [-0.05, 0) is 11.4 Å². The summed E-state index contributed by atoms with van der Waals surface area (Å²) in [4.78, 5) is 12.3. The van der Waals surface area contributed by atoms with Gasteiger partial charge in [0.15, 0.2) is 0 Å². The van der Waals surface area contributed by atoms with Crippen molar-refractivity contribution in [3.05, 3.63) is 33.5 Å². The molecule has 0 aromatic carbocycles. The maximum absolute atomic E-state index is 11.5. The Labute approximate surface area is 95.1 Å². The number of thiophene rings is 1. The first-order chi connectivity index (χ1) is 6.61. The number of nitrogens with one attached hydrogen (secondary N) is 1. The van der Waals surface area contributed by atoms with Gasteiger partial charge >= 0.3 is 0 Å². The third-order valence-corrected chi connectivity index (χ3v) is 2.82. The molecule has 0 saturated heterocycles. The van der Waals surface area contributed by atoms with E-state index < -0.39 is 6.04 Å². The zero-order valence-electron chi connectivity index (χ0n) is 7.50. The highest BCUT2D eigenvalue weighted by Crippen LogP contribution is 2.16. The first-order valence-electron chi connectivity index (χ1n) is 4.01. The van der Waals surface area contributed by atoms with Crippen LogP contribution in [0.25, 0.3) is 0 Å². The van der Waals surface area contributed by atoms with Crippen molar-refractivity contribution in [2.24, 2.45) is 5.73 Å². The molecule has 0 spiro atoms. The van der Waals surface area contributed by atoms with Crippen LogP contribution in [0.4, 0.5) is 0 Å². The van der Waals surface area contributed by atoms with Gasteiger partial charge < -0.3 is 11.1 Å². The number of amides is 1. The number of rotatable bonds is 4. The quantitative estimate of drug-likeness (QED) is 0.880. The molecule has 1 aromatic heterocycles. The van der Waals surface area contributed by atoms with E-state index in [1.54, 1.807) is 0 Å². The summed E-state index contributed by atoms with van der Waals surface area (Å²) in [6.07, 6.45) is 0. The van der Waals surface area contributed by atoms with E-state index in [2.05, 4.69) is 27.8 Å². The van der Waals surface area contributed by atoms with Gasteiger partial charge in [0.05, 0.1) is 0 Å². The lowest BCUT2D eigenvalue weighted by Crippen LogP contribution is -2.34. The molecule has 1 atom stereocenters. The van der Waals surface area contributed by atoms with Gasteiger partial charge in [-0.15, -0.1) is 11.3 Å². The summed E-state index contributed by atoms with van der Waals surface area (Å²) >= 11 is 4.63. The SMILES string of the molecule is C=C(Br)CNC(=O)C(N)c1cccs1. The molecular formula is C9H11BrN2OS. The van der Waals surface area contributed by atoms with E-state index in [0.29, 0.717) is 6.54 Å². The number of carbonyl (C=O) groups is 1. The van der Waals surface area contributed by atoms with Crippen LogP contribution < -0.4 is 11.1 Å². The molecule has 0 aliphatic rings. The summed E-state index contributed by atoms with van der Waals surface area (Å²) in [7, 11) is 0. The molecule has 0 aliphatic carbocycles. The topological polar surface area (TPSA) is 55.1 Å². The Morgan fingerprint density at radius 1 is 1.79 bits per heavy atom. The summed E-state index contributed by atoms with van der Waals surface area (Å²) in [6, 6.07) is 3.14. The largest absolute Gasteiger partial charge is 0.350 e. The molecule has 1 aromatic rings. The van der Waals surface area contributed by atoms with Gasteiger partial charge in [-0.25, -0.2) is 0 Å². The Balaban J connectivity index is 2.49. The molecule has 0 fully saturated rings. The van der Waals surface area contributed by atoms with Crippen molar-refractivity contribution in [2.75, 3.05) is 6.54 Å². The molecule has 5 heteroatoms. The van der Waals surface area contributed by atoms with Gasteiger partial charge in [0.1, 0.15) is 6.04 Å². The van der Waals surface area contributed by atoms with Gasteiger partial charge in [-0.3, -0.25) is 4.79 Å². The van der Waals surface area contributed by atoms with E-state index in [1.165, 1.54) is 11.3 Å². The standard InChI is InChI=1S/C9H11BrN2OS/c1-6(10)5-12-9(13)8(11)7-3-2-4-14-7/h2-4,8H,1,5,11H2,(H,12,13). The van der Waals surface area contributed by atoms with Gasteiger partial charge in [-0.2, -0.15) is 0 Å². The Kier molecular flexibility index (Phi) is 4.31. The molecule has 3 N–H and O–H groups in total. The minimum Gasteiger partial charge on any atom is -0.350 e. The number of hydrogen-bond acceptors (Lipinski definition) is 3. The van der Waals surface area contributed by atoms with Crippen LogP contribution in [0.2, 0.25) is 0 Å². The second kappa shape index (κ2) is 5.29. The minimum absolute atomic E-state index is 0.187. The average Bonchev–Trinajstić information content (AvgIpc) is 2.65. The van der Waals surface area contributed by atoms with Crippen molar-refractivity contribution in [3.63, 3.8) is 0 Å². The number of carbonyl (C=O) groups excluding carboxylic acids is 1. The van der Waals surface area contributed by atoms with E-state index in [0.717, 1.165) is 9.36 Å². The van der Waals surface area contributed by atoms with E-state index in [4.69, 9.17) is 5.73 Å². The van der Waals surface area contributed by atoms with E-state index in [9.17, 15) is 4.79 Å². The predicted octanol–water partition coefficient (Wildman–Crippen LogP) is 1.77. The maximum atomic E-state index is 11.5.